The molecule has 21 heavy (non-hydrogen) atoms. The second-order valence-corrected chi connectivity index (χ2v) is 5.30. The molecule has 1 saturated heterocycles. The van der Waals surface area contributed by atoms with Gasteiger partial charge in [-0.25, -0.2) is 0 Å². The average molecular weight is 309 g/mol. The molecule has 1 aliphatic rings. The van der Waals surface area contributed by atoms with Crippen LogP contribution in [0.15, 0.2) is 29.2 Å². The molecular formula is C14H15ClN3O3+. The van der Waals surface area contributed by atoms with Crippen LogP contribution in [-0.4, -0.2) is 42.2 Å². The van der Waals surface area contributed by atoms with Crippen LogP contribution in [0.4, 0.5) is 0 Å². The Bertz CT molecular complexity index is 738. The van der Waals surface area contributed by atoms with Crippen molar-refractivity contribution >= 4 is 28.4 Å². The summed E-state index contributed by atoms with van der Waals surface area (Å²) in [6.45, 7) is 2.35. The quantitative estimate of drug-likeness (QED) is 0.813. The van der Waals surface area contributed by atoms with Crippen molar-refractivity contribution in [2.75, 3.05) is 26.3 Å². The summed E-state index contributed by atoms with van der Waals surface area (Å²) in [5, 5.41) is 3.98. The van der Waals surface area contributed by atoms with Crippen LogP contribution < -0.4 is 10.1 Å². The molecule has 0 spiro atoms. The van der Waals surface area contributed by atoms with Crippen LogP contribution in [0.3, 0.4) is 0 Å². The van der Waals surface area contributed by atoms with E-state index < -0.39 is 0 Å². The number of aromatic amines is 1. The van der Waals surface area contributed by atoms with Gasteiger partial charge in [0.1, 0.15) is 5.52 Å². The van der Waals surface area contributed by atoms with Gasteiger partial charge >= 0.3 is 0 Å². The fourth-order valence-electron chi connectivity index (χ4n) is 2.37. The molecule has 2 aromatic rings. The number of amides is 1. The van der Waals surface area contributed by atoms with E-state index in [1.54, 1.807) is 23.1 Å². The second kappa shape index (κ2) is 5.83. The van der Waals surface area contributed by atoms with Gasteiger partial charge in [-0.1, -0.05) is 17.7 Å². The standard InChI is InChI=1S/C14H14ClN3O3/c15-11-3-1-2-10-12(19)8-18(16-14(10)11)9-13(20)17-4-6-21-7-5-17/h1-3,8H,4-7,9H2/p+1. The van der Waals surface area contributed by atoms with Gasteiger partial charge in [0.2, 0.25) is 12.7 Å². The number of rotatable bonds is 2. The van der Waals surface area contributed by atoms with Gasteiger partial charge in [0.25, 0.3) is 11.3 Å². The number of hydrogen-bond acceptors (Lipinski definition) is 3. The predicted octanol–water partition coefficient (Wildman–Crippen LogP) is 0.328. The molecule has 0 bridgehead atoms. The first-order valence-electron chi connectivity index (χ1n) is 6.71. The van der Waals surface area contributed by atoms with Crippen molar-refractivity contribution in [3.8, 4) is 0 Å². The van der Waals surface area contributed by atoms with Gasteiger partial charge in [-0.15, -0.1) is 4.68 Å². The van der Waals surface area contributed by atoms with E-state index in [1.807, 2.05) is 0 Å². The van der Waals surface area contributed by atoms with Gasteiger partial charge in [-0.05, 0) is 12.1 Å². The molecular weight excluding hydrogens is 294 g/mol. The molecule has 0 radical (unpaired) electrons. The maximum absolute atomic E-state index is 12.2. The summed E-state index contributed by atoms with van der Waals surface area (Å²) in [6.07, 6.45) is 1.39. The molecule has 1 fully saturated rings. The third kappa shape index (κ3) is 2.91. The van der Waals surface area contributed by atoms with Gasteiger partial charge in [-0.2, -0.15) is 5.10 Å². The lowest BCUT2D eigenvalue weighted by molar-refractivity contribution is -0.741. The lowest BCUT2D eigenvalue weighted by atomic mass is 10.2. The molecule has 0 saturated carbocycles. The topological polar surface area (TPSA) is 66.3 Å². The molecule has 2 heterocycles. The van der Waals surface area contributed by atoms with E-state index in [9.17, 15) is 9.59 Å². The van der Waals surface area contributed by atoms with Crippen molar-refractivity contribution in [3.05, 3.63) is 39.6 Å². The Hall–Kier alpha value is -1.92. The second-order valence-electron chi connectivity index (χ2n) is 4.89. The van der Waals surface area contributed by atoms with Crippen molar-refractivity contribution in [1.29, 1.82) is 0 Å². The Morgan fingerprint density at radius 3 is 2.90 bits per heavy atom. The SMILES string of the molecule is O=C(C[n+]1cc(=O)c2cccc(Cl)c2[nH]1)N1CCOCC1. The molecule has 6 nitrogen and oxygen atoms in total. The summed E-state index contributed by atoms with van der Waals surface area (Å²) in [5.41, 5.74) is 0.377. The molecule has 1 N–H and O–H groups in total. The molecule has 0 atom stereocenters. The number of halogens is 1. The van der Waals surface area contributed by atoms with E-state index in [0.717, 1.165) is 0 Å². The Morgan fingerprint density at radius 1 is 1.38 bits per heavy atom. The number of morpholine rings is 1. The zero-order chi connectivity index (χ0) is 14.8. The highest BCUT2D eigenvalue weighted by Crippen LogP contribution is 2.16. The Kier molecular flexibility index (Phi) is 3.90. The molecule has 1 amide bonds. The van der Waals surface area contributed by atoms with Gasteiger partial charge in [0.15, 0.2) is 0 Å². The van der Waals surface area contributed by atoms with E-state index in [1.165, 1.54) is 10.9 Å². The predicted molar refractivity (Wildman–Crippen MR) is 77.2 cm³/mol. The van der Waals surface area contributed by atoms with Gasteiger partial charge in [-0.3, -0.25) is 9.59 Å². The Labute approximate surface area is 125 Å². The number of para-hydroxylation sites is 1. The van der Waals surface area contributed by atoms with E-state index >= 15 is 0 Å². The van der Waals surface area contributed by atoms with E-state index in [4.69, 9.17) is 16.3 Å². The highest BCUT2D eigenvalue weighted by molar-refractivity contribution is 6.34. The molecule has 1 aliphatic heterocycles. The van der Waals surface area contributed by atoms with Gasteiger partial charge in [0.05, 0.1) is 23.6 Å². The highest BCUT2D eigenvalue weighted by Gasteiger charge is 2.21. The van der Waals surface area contributed by atoms with Crippen molar-refractivity contribution < 1.29 is 14.2 Å². The van der Waals surface area contributed by atoms with Gasteiger partial charge < -0.3 is 9.64 Å². The smallest absolute Gasteiger partial charge is 0.291 e. The summed E-state index contributed by atoms with van der Waals surface area (Å²) in [5.74, 6) is -0.0506. The summed E-state index contributed by atoms with van der Waals surface area (Å²) in [7, 11) is 0. The molecule has 3 rings (SSSR count). The largest absolute Gasteiger partial charge is 0.378 e. The highest BCUT2D eigenvalue weighted by atomic mass is 35.5. The minimum atomic E-state index is -0.166. The van der Waals surface area contributed by atoms with Crippen LogP contribution in [0.5, 0.6) is 0 Å². The molecule has 0 unspecified atom stereocenters. The number of carbonyl (C=O) groups excluding carboxylic acids is 1. The minimum Gasteiger partial charge on any atom is -0.378 e. The number of hydrogen-bond donors (Lipinski definition) is 1. The molecule has 7 heteroatoms. The van der Waals surface area contributed by atoms with Crippen LogP contribution in [0, 0.1) is 0 Å². The minimum absolute atomic E-state index is 0.0506. The number of nitrogens with one attached hydrogen (secondary N) is 1. The third-order valence-electron chi connectivity index (χ3n) is 3.48. The maximum Gasteiger partial charge on any atom is 0.291 e. The number of H-pyrrole nitrogens is 1. The van der Waals surface area contributed by atoms with Crippen LogP contribution in [0.25, 0.3) is 10.9 Å². The average Bonchev–Trinajstić information content (AvgIpc) is 2.49. The van der Waals surface area contributed by atoms with Crippen LogP contribution in [-0.2, 0) is 16.1 Å². The maximum atomic E-state index is 12.2. The summed E-state index contributed by atoms with van der Waals surface area (Å²) in [4.78, 5) is 26.0. The normalized spacial score (nSPS) is 15.4. The fourth-order valence-corrected chi connectivity index (χ4v) is 2.59. The molecule has 1 aromatic heterocycles. The first-order valence-corrected chi connectivity index (χ1v) is 7.09. The van der Waals surface area contributed by atoms with Crippen LogP contribution in [0.1, 0.15) is 0 Å². The van der Waals surface area contributed by atoms with Crippen molar-refractivity contribution in [1.82, 2.24) is 10.00 Å². The molecule has 0 aliphatic carbocycles. The van der Waals surface area contributed by atoms with Gasteiger partial charge in [0, 0.05) is 13.1 Å². The summed E-state index contributed by atoms with van der Waals surface area (Å²) >= 11 is 6.09. The lowest BCUT2D eigenvalue weighted by Crippen LogP contribution is -2.51. The van der Waals surface area contributed by atoms with E-state index in [2.05, 4.69) is 5.10 Å². The van der Waals surface area contributed by atoms with E-state index in [-0.39, 0.29) is 17.9 Å². The zero-order valence-corrected chi connectivity index (χ0v) is 12.1. The monoisotopic (exact) mass is 308 g/mol. The van der Waals surface area contributed by atoms with Crippen molar-refractivity contribution in [2.45, 2.75) is 6.54 Å². The molecule has 110 valence electrons. The first-order chi connectivity index (χ1) is 10.1. The number of aromatic nitrogens is 2. The van der Waals surface area contributed by atoms with Crippen molar-refractivity contribution in [3.63, 3.8) is 0 Å². The van der Waals surface area contributed by atoms with Crippen LogP contribution in [0.2, 0.25) is 5.02 Å². The summed E-state index contributed by atoms with van der Waals surface area (Å²) in [6, 6.07) is 5.13. The van der Waals surface area contributed by atoms with Crippen molar-refractivity contribution in [2.24, 2.45) is 0 Å². The third-order valence-corrected chi connectivity index (χ3v) is 3.79. The number of fused-ring (bicyclic) bond motifs is 1. The van der Waals surface area contributed by atoms with E-state index in [0.29, 0.717) is 42.2 Å². The first kappa shape index (κ1) is 14.0. The zero-order valence-electron chi connectivity index (χ0n) is 11.3. The number of nitrogens with zero attached hydrogens (tertiary/aromatic N) is 2. The van der Waals surface area contributed by atoms with Crippen LogP contribution >= 0.6 is 11.6 Å². The molecule has 1 aromatic carbocycles. The Morgan fingerprint density at radius 2 is 2.14 bits per heavy atom. The number of ether oxygens (including phenoxy) is 1. The Balaban J connectivity index is 1.89. The number of benzene rings is 1. The summed E-state index contributed by atoms with van der Waals surface area (Å²) < 4.78 is 6.70. The number of carbonyl (C=O) groups is 1. The fraction of sp³-hybridized carbons (Fsp3) is 0.357. The lowest BCUT2D eigenvalue weighted by Gasteiger charge is -2.25.